The summed E-state index contributed by atoms with van der Waals surface area (Å²) >= 11 is 0. The number of amides is 2. The zero-order valence-electron chi connectivity index (χ0n) is 18.4. The summed E-state index contributed by atoms with van der Waals surface area (Å²) in [4.78, 5) is 28.1. The number of hydrogen-bond donors (Lipinski definition) is 1. The first kappa shape index (κ1) is 23.0. The van der Waals surface area contributed by atoms with Crippen molar-refractivity contribution in [2.45, 2.75) is 39.8 Å². The molecular weight excluding hydrogens is 414 g/mol. The van der Waals surface area contributed by atoms with Gasteiger partial charge in [0.2, 0.25) is 21.8 Å². The van der Waals surface area contributed by atoms with Crippen molar-refractivity contribution in [3.05, 3.63) is 65.2 Å². The van der Waals surface area contributed by atoms with Crippen LogP contribution in [0.25, 0.3) is 0 Å². The lowest BCUT2D eigenvalue weighted by Crippen LogP contribution is -2.70. The smallest absolute Gasteiger partial charge is 0.247 e. The first-order chi connectivity index (χ1) is 14.6. The Morgan fingerprint density at radius 2 is 1.71 bits per heavy atom. The van der Waals surface area contributed by atoms with E-state index in [0.29, 0.717) is 5.69 Å². The van der Waals surface area contributed by atoms with E-state index in [0.717, 1.165) is 21.0 Å². The van der Waals surface area contributed by atoms with Crippen molar-refractivity contribution in [1.29, 1.82) is 0 Å². The Balaban J connectivity index is 2.00. The monoisotopic (exact) mass is 443 g/mol. The van der Waals surface area contributed by atoms with Crippen LogP contribution >= 0.6 is 0 Å². The molecule has 1 fully saturated rings. The van der Waals surface area contributed by atoms with E-state index in [1.165, 1.54) is 11.8 Å². The van der Waals surface area contributed by atoms with Gasteiger partial charge in [-0.25, -0.2) is 8.42 Å². The van der Waals surface area contributed by atoms with Gasteiger partial charge in [-0.1, -0.05) is 36.4 Å². The van der Waals surface area contributed by atoms with Crippen LogP contribution in [-0.2, 0) is 26.2 Å². The largest absolute Gasteiger partial charge is 0.350 e. The molecule has 2 aromatic carbocycles. The topological polar surface area (TPSA) is 86.8 Å². The molecule has 0 saturated carbocycles. The van der Waals surface area contributed by atoms with Gasteiger partial charge in [0.05, 0.1) is 12.3 Å². The molecule has 0 aromatic heterocycles. The number of rotatable bonds is 6. The predicted molar refractivity (Wildman–Crippen MR) is 121 cm³/mol. The van der Waals surface area contributed by atoms with Gasteiger partial charge in [-0.3, -0.25) is 14.5 Å². The van der Waals surface area contributed by atoms with Gasteiger partial charge in [-0.2, -0.15) is 4.31 Å². The van der Waals surface area contributed by atoms with Gasteiger partial charge in [0.25, 0.3) is 0 Å². The summed E-state index contributed by atoms with van der Waals surface area (Å²) in [7, 11) is -3.64. The minimum absolute atomic E-state index is 0.109. The van der Waals surface area contributed by atoms with Gasteiger partial charge in [0, 0.05) is 18.8 Å². The molecule has 3 rings (SSSR count). The molecular formula is C23H29N3O4S. The van der Waals surface area contributed by atoms with E-state index in [2.05, 4.69) is 5.32 Å². The summed E-state index contributed by atoms with van der Waals surface area (Å²) < 4.78 is 26.3. The molecule has 1 aliphatic rings. The number of carbonyl (C=O) groups is 2. The number of benzene rings is 2. The van der Waals surface area contributed by atoms with Crippen LogP contribution in [0.5, 0.6) is 0 Å². The fourth-order valence-electron chi connectivity index (χ4n) is 4.00. The first-order valence-electron chi connectivity index (χ1n) is 10.3. The zero-order chi connectivity index (χ0) is 22.8. The lowest BCUT2D eigenvalue weighted by atomic mass is 9.93. The Hall–Kier alpha value is -2.71. The Labute approximate surface area is 184 Å². The molecule has 7 nitrogen and oxygen atoms in total. The molecule has 2 amide bonds. The quantitative estimate of drug-likeness (QED) is 0.743. The van der Waals surface area contributed by atoms with Gasteiger partial charge in [0.15, 0.2) is 0 Å². The second-order valence-electron chi connectivity index (χ2n) is 8.19. The van der Waals surface area contributed by atoms with E-state index in [1.807, 2.05) is 62.4 Å². The number of anilines is 1. The second kappa shape index (κ2) is 8.80. The third kappa shape index (κ3) is 4.80. The molecule has 1 atom stereocenters. The maximum absolute atomic E-state index is 13.4. The highest BCUT2D eigenvalue weighted by Crippen LogP contribution is 2.32. The van der Waals surface area contributed by atoms with Crippen molar-refractivity contribution < 1.29 is 18.0 Å². The van der Waals surface area contributed by atoms with Crippen LogP contribution in [0.3, 0.4) is 0 Å². The molecule has 31 heavy (non-hydrogen) atoms. The molecule has 1 heterocycles. The van der Waals surface area contributed by atoms with Gasteiger partial charge in [-0.15, -0.1) is 0 Å². The molecule has 1 saturated heterocycles. The number of aryl methyl sites for hydroxylation is 2. The normalized spacial score (nSPS) is 20.0. The molecule has 0 radical (unpaired) electrons. The van der Waals surface area contributed by atoms with Crippen LogP contribution in [0.1, 0.15) is 30.5 Å². The van der Waals surface area contributed by atoms with E-state index >= 15 is 0 Å². The maximum Gasteiger partial charge on any atom is 0.247 e. The molecule has 1 N–H and O–H groups in total. The molecule has 1 unspecified atom stereocenters. The number of sulfonamides is 1. The number of carbonyl (C=O) groups excluding carboxylic acids is 2. The van der Waals surface area contributed by atoms with E-state index in [4.69, 9.17) is 0 Å². The number of hydrogen-bond acceptors (Lipinski definition) is 4. The summed E-state index contributed by atoms with van der Waals surface area (Å²) in [6.45, 7) is 6.89. The summed E-state index contributed by atoms with van der Waals surface area (Å²) in [5.74, 6) is -0.962. The molecule has 166 valence electrons. The van der Waals surface area contributed by atoms with E-state index in [1.54, 1.807) is 6.92 Å². The van der Waals surface area contributed by atoms with Gasteiger partial charge < -0.3 is 5.32 Å². The summed E-state index contributed by atoms with van der Waals surface area (Å²) in [6, 6.07) is 15.1. The third-order valence-electron chi connectivity index (χ3n) is 5.55. The van der Waals surface area contributed by atoms with Crippen LogP contribution in [0.15, 0.2) is 48.5 Å². The van der Waals surface area contributed by atoms with Crippen LogP contribution in [0, 0.1) is 13.8 Å². The minimum Gasteiger partial charge on any atom is -0.350 e. The Morgan fingerprint density at radius 1 is 1.10 bits per heavy atom. The Bertz CT molecular complexity index is 1070. The number of nitrogens with zero attached hydrogens (tertiary/aromatic N) is 2. The predicted octanol–water partition coefficient (Wildman–Crippen LogP) is 2.38. The van der Waals surface area contributed by atoms with Crippen LogP contribution in [-0.4, -0.2) is 48.9 Å². The third-order valence-corrected chi connectivity index (χ3v) is 7.32. The van der Waals surface area contributed by atoms with Crippen molar-refractivity contribution in [2.24, 2.45) is 0 Å². The van der Waals surface area contributed by atoms with Crippen LogP contribution in [0.4, 0.5) is 5.69 Å². The SMILES string of the molecule is CCS(=O)(=O)N1CC(=O)N(c2cc(C)cc(C)c2)C(C)(C(=O)NCc2ccccc2)C1. The summed E-state index contributed by atoms with van der Waals surface area (Å²) in [5.41, 5.74) is 2.02. The van der Waals surface area contributed by atoms with Crippen molar-refractivity contribution in [3.63, 3.8) is 0 Å². The molecule has 8 heteroatoms. The average molecular weight is 444 g/mol. The fourth-order valence-corrected chi connectivity index (χ4v) is 5.12. The van der Waals surface area contributed by atoms with Crippen LogP contribution < -0.4 is 10.2 Å². The lowest BCUT2D eigenvalue weighted by molar-refractivity contribution is -0.133. The van der Waals surface area contributed by atoms with Gasteiger partial charge in [-0.05, 0) is 56.5 Å². The number of piperazine rings is 1. The molecule has 0 bridgehead atoms. The number of nitrogens with one attached hydrogen (secondary N) is 1. The standard InChI is InChI=1S/C23H29N3O4S/c1-5-31(29,30)25-15-21(27)26(20-12-17(2)11-18(3)13-20)23(4,16-25)22(28)24-14-19-9-7-6-8-10-19/h6-13H,5,14-16H2,1-4H3,(H,24,28). The minimum atomic E-state index is -3.64. The van der Waals surface area contributed by atoms with Crippen LogP contribution in [0.2, 0.25) is 0 Å². The van der Waals surface area contributed by atoms with Crippen molar-refractivity contribution in [3.8, 4) is 0 Å². The van der Waals surface area contributed by atoms with Crippen molar-refractivity contribution in [1.82, 2.24) is 9.62 Å². The zero-order valence-corrected chi connectivity index (χ0v) is 19.2. The highest BCUT2D eigenvalue weighted by Gasteiger charge is 2.50. The van der Waals surface area contributed by atoms with Crippen molar-refractivity contribution in [2.75, 3.05) is 23.7 Å². The van der Waals surface area contributed by atoms with Gasteiger partial charge >= 0.3 is 0 Å². The van der Waals surface area contributed by atoms with E-state index in [-0.39, 0.29) is 25.4 Å². The summed E-state index contributed by atoms with van der Waals surface area (Å²) in [5, 5.41) is 2.89. The lowest BCUT2D eigenvalue weighted by Gasteiger charge is -2.46. The highest BCUT2D eigenvalue weighted by atomic mass is 32.2. The fraction of sp³-hybridized carbons (Fsp3) is 0.391. The molecule has 0 spiro atoms. The second-order valence-corrected chi connectivity index (χ2v) is 10.4. The Morgan fingerprint density at radius 3 is 2.29 bits per heavy atom. The Kier molecular flexibility index (Phi) is 6.52. The highest BCUT2D eigenvalue weighted by molar-refractivity contribution is 7.89. The molecule has 1 aliphatic heterocycles. The van der Waals surface area contributed by atoms with Crippen molar-refractivity contribution >= 4 is 27.5 Å². The first-order valence-corrected chi connectivity index (χ1v) is 11.9. The van der Waals surface area contributed by atoms with Gasteiger partial charge in [0.1, 0.15) is 5.54 Å². The summed E-state index contributed by atoms with van der Waals surface area (Å²) in [6.07, 6.45) is 0. The molecule has 2 aromatic rings. The molecule has 0 aliphatic carbocycles. The van der Waals surface area contributed by atoms with E-state index in [9.17, 15) is 18.0 Å². The average Bonchev–Trinajstić information content (AvgIpc) is 2.71. The van der Waals surface area contributed by atoms with E-state index < -0.39 is 27.4 Å². The maximum atomic E-state index is 13.4.